The maximum Gasteiger partial charge on any atom is 0.423 e. The molecule has 4 aromatic rings. The molecule has 2 heterocycles. The number of nitrogens with one attached hydrogen (secondary N) is 1. The number of aromatic nitrogens is 2. The van der Waals surface area contributed by atoms with Crippen LogP contribution in [0.5, 0.6) is 11.5 Å². The van der Waals surface area contributed by atoms with Gasteiger partial charge in [0.2, 0.25) is 0 Å². The first-order valence-corrected chi connectivity index (χ1v) is 13.3. The van der Waals surface area contributed by atoms with Gasteiger partial charge in [-0.15, -0.1) is 0 Å². The van der Waals surface area contributed by atoms with Crippen molar-refractivity contribution in [3.63, 3.8) is 0 Å². The van der Waals surface area contributed by atoms with Gasteiger partial charge in [-0.25, -0.2) is 4.79 Å². The molecule has 2 N–H and O–H groups in total. The molecule has 0 bridgehead atoms. The zero-order valence-corrected chi connectivity index (χ0v) is 23.2. The fraction of sp³-hybridized carbons (Fsp3) is 0.290. The number of alkyl halides is 3. The lowest BCUT2D eigenvalue weighted by Gasteiger charge is -2.37. The Morgan fingerprint density at radius 3 is 1.93 bits per heavy atom. The van der Waals surface area contributed by atoms with Crippen molar-refractivity contribution in [2.75, 3.05) is 20.8 Å². The minimum absolute atomic E-state index is 0.208. The summed E-state index contributed by atoms with van der Waals surface area (Å²) in [7, 11) is 3.11. The van der Waals surface area contributed by atoms with Crippen LogP contribution in [0, 0.1) is 0 Å². The number of benzene rings is 3. The Morgan fingerprint density at radius 1 is 0.884 bits per heavy atom. The molecule has 9 nitrogen and oxygen atoms in total. The minimum Gasteiger partial charge on any atom is -0.497 e. The fourth-order valence-electron chi connectivity index (χ4n) is 5.22. The summed E-state index contributed by atoms with van der Waals surface area (Å²) in [4.78, 5) is 25.9. The van der Waals surface area contributed by atoms with Gasteiger partial charge >= 0.3 is 11.9 Å². The monoisotopic (exact) mass is 598 g/mol. The van der Waals surface area contributed by atoms with Gasteiger partial charge in [0.25, 0.3) is 5.56 Å². The van der Waals surface area contributed by atoms with Crippen LogP contribution in [0.1, 0.15) is 34.9 Å². The third-order valence-electron chi connectivity index (χ3n) is 7.43. The van der Waals surface area contributed by atoms with Crippen molar-refractivity contribution in [1.82, 2.24) is 9.55 Å². The zero-order chi connectivity index (χ0) is 30.8. The van der Waals surface area contributed by atoms with E-state index in [4.69, 9.17) is 18.9 Å². The van der Waals surface area contributed by atoms with Crippen LogP contribution in [0.4, 0.5) is 13.2 Å². The maximum absolute atomic E-state index is 13.4. The lowest BCUT2D eigenvalue weighted by atomic mass is 9.80. The summed E-state index contributed by atoms with van der Waals surface area (Å²) in [6.45, 7) is -0.213. The van der Waals surface area contributed by atoms with Gasteiger partial charge in [-0.05, 0) is 41.0 Å². The van der Waals surface area contributed by atoms with Crippen molar-refractivity contribution >= 4 is 0 Å². The van der Waals surface area contributed by atoms with E-state index in [0.29, 0.717) is 22.3 Å². The van der Waals surface area contributed by atoms with Crippen LogP contribution in [0.15, 0.2) is 94.6 Å². The Bertz CT molecular complexity index is 1610. The van der Waals surface area contributed by atoms with Crippen LogP contribution >= 0.6 is 0 Å². The van der Waals surface area contributed by atoms with Gasteiger partial charge in [-0.1, -0.05) is 54.6 Å². The Balaban J connectivity index is 1.53. The second-order valence-corrected chi connectivity index (χ2v) is 9.95. The molecule has 1 aliphatic heterocycles. The summed E-state index contributed by atoms with van der Waals surface area (Å²) < 4.78 is 64.0. The smallest absolute Gasteiger partial charge is 0.423 e. The van der Waals surface area contributed by atoms with E-state index in [2.05, 4.69) is 0 Å². The Morgan fingerprint density at radius 2 is 1.42 bits per heavy atom. The Labute approximate surface area is 244 Å². The molecule has 12 heteroatoms. The van der Waals surface area contributed by atoms with E-state index in [9.17, 15) is 27.9 Å². The Hall–Kier alpha value is -4.39. The number of aliphatic hydroxyl groups is 1. The third kappa shape index (κ3) is 5.94. The fourth-order valence-corrected chi connectivity index (χ4v) is 5.22. The standard InChI is InChI=1S/C31H29F3N2O7/c1-40-22-12-8-20(9-13-22)30(19-6-4-3-5-7-19,21-10-14-23(41-2)15-11-21)42-18-26-25(37)16-27(43-26)36-17-24(31(32,33)34)28(38)35-29(36)39/h3-15,17,25-27,37H,16,18H2,1-2H3,(H,35,38,39)/t25-,26+,27+/m0/s1. The minimum atomic E-state index is -4.99. The molecule has 0 unspecified atom stereocenters. The number of halogens is 3. The Kier molecular flexibility index (Phi) is 8.45. The number of H-pyrrole nitrogens is 1. The molecule has 43 heavy (non-hydrogen) atoms. The second kappa shape index (κ2) is 12.1. The molecular formula is C31H29F3N2O7. The first-order chi connectivity index (χ1) is 20.6. The number of nitrogens with zero attached hydrogens (tertiary/aromatic N) is 1. The largest absolute Gasteiger partial charge is 0.497 e. The van der Waals surface area contributed by atoms with E-state index in [-0.39, 0.29) is 13.0 Å². The van der Waals surface area contributed by atoms with Crippen molar-refractivity contribution in [2.45, 2.75) is 36.6 Å². The van der Waals surface area contributed by atoms with E-state index in [1.165, 1.54) is 0 Å². The molecule has 3 atom stereocenters. The highest BCUT2D eigenvalue weighted by Crippen LogP contribution is 2.42. The molecule has 3 aromatic carbocycles. The van der Waals surface area contributed by atoms with Gasteiger partial charge < -0.3 is 24.1 Å². The number of hydrogen-bond acceptors (Lipinski definition) is 7. The molecule has 0 amide bonds. The number of aromatic amines is 1. The van der Waals surface area contributed by atoms with Crippen LogP contribution in [-0.4, -0.2) is 47.7 Å². The molecule has 0 aliphatic carbocycles. The molecule has 226 valence electrons. The van der Waals surface area contributed by atoms with E-state index in [1.807, 2.05) is 54.6 Å². The predicted octanol–water partition coefficient (Wildman–Crippen LogP) is 4.23. The normalized spacial score (nSPS) is 18.9. The lowest BCUT2D eigenvalue weighted by molar-refractivity contribution is -0.139. The molecule has 1 aromatic heterocycles. The molecule has 1 fully saturated rings. The number of hydrogen-bond donors (Lipinski definition) is 2. The van der Waals surface area contributed by atoms with Crippen molar-refractivity contribution in [3.8, 4) is 11.5 Å². The summed E-state index contributed by atoms with van der Waals surface area (Å²) in [5.41, 5.74) is -3.24. The molecule has 1 aliphatic rings. The summed E-state index contributed by atoms with van der Waals surface area (Å²) in [6.07, 6.45) is -8.29. The SMILES string of the molecule is COc1ccc(C(OC[C@H]2O[C@@H](n3cc(C(F)(F)F)c(=O)[nH]c3=O)C[C@@H]2O)(c2ccccc2)c2ccc(OC)cc2)cc1. The highest BCUT2D eigenvalue weighted by Gasteiger charge is 2.43. The van der Waals surface area contributed by atoms with E-state index in [1.54, 1.807) is 43.5 Å². The highest BCUT2D eigenvalue weighted by molar-refractivity contribution is 5.49. The van der Waals surface area contributed by atoms with Crippen molar-refractivity contribution in [1.29, 1.82) is 0 Å². The predicted molar refractivity (Wildman–Crippen MR) is 149 cm³/mol. The topological polar surface area (TPSA) is 112 Å². The van der Waals surface area contributed by atoms with Crippen LogP contribution in [0.25, 0.3) is 0 Å². The maximum atomic E-state index is 13.4. The van der Waals surface area contributed by atoms with E-state index in [0.717, 1.165) is 16.7 Å². The molecular weight excluding hydrogens is 569 g/mol. The van der Waals surface area contributed by atoms with Gasteiger partial charge in [-0.2, -0.15) is 13.2 Å². The molecule has 0 spiro atoms. The van der Waals surface area contributed by atoms with E-state index >= 15 is 0 Å². The molecule has 1 saturated heterocycles. The summed E-state index contributed by atoms with van der Waals surface area (Å²) in [5.74, 6) is 1.25. The average Bonchev–Trinajstić information content (AvgIpc) is 3.37. The zero-order valence-electron chi connectivity index (χ0n) is 23.2. The number of methoxy groups -OCH3 is 2. The van der Waals surface area contributed by atoms with Gasteiger partial charge in [-0.3, -0.25) is 14.3 Å². The number of aliphatic hydroxyl groups excluding tert-OH is 1. The van der Waals surface area contributed by atoms with E-state index < -0.39 is 47.0 Å². The van der Waals surface area contributed by atoms with Crippen molar-refractivity contribution in [3.05, 3.63) is 128 Å². The average molecular weight is 599 g/mol. The molecule has 0 saturated carbocycles. The first kappa shape index (κ1) is 30.1. The summed E-state index contributed by atoms with van der Waals surface area (Å²) in [5, 5.41) is 10.9. The van der Waals surface area contributed by atoms with Crippen LogP contribution < -0.4 is 20.7 Å². The second-order valence-electron chi connectivity index (χ2n) is 9.95. The van der Waals surface area contributed by atoms with Gasteiger partial charge in [0, 0.05) is 12.6 Å². The van der Waals surface area contributed by atoms with Crippen LogP contribution in [-0.2, 0) is 21.3 Å². The van der Waals surface area contributed by atoms with Crippen LogP contribution in [0.3, 0.4) is 0 Å². The van der Waals surface area contributed by atoms with Crippen LogP contribution in [0.2, 0.25) is 0 Å². The number of rotatable bonds is 9. The number of ether oxygens (including phenoxy) is 4. The summed E-state index contributed by atoms with van der Waals surface area (Å²) >= 11 is 0. The third-order valence-corrected chi connectivity index (χ3v) is 7.43. The quantitative estimate of drug-likeness (QED) is 0.278. The van der Waals surface area contributed by atoms with Gasteiger partial charge in [0.1, 0.15) is 35.0 Å². The van der Waals surface area contributed by atoms with Gasteiger partial charge in [0.15, 0.2) is 0 Å². The van der Waals surface area contributed by atoms with Crippen molar-refractivity contribution in [2.24, 2.45) is 0 Å². The van der Waals surface area contributed by atoms with Crippen molar-refractivity contribution < 1.29 is 37.2 Å². The first-order valence-electron chi connectivity index (χ1n) is 13.3. The lowest BCUT2D eigenvalue weighted by Crippen LogP contribution is -2.38. The van der Waals surface area contributed by atoms with Gasteiger partial charge in [0.05, 0.1) is 26.9 Å². The summed E-state index contributed by atoms with van der Waals surface area (Å²) in [6, 6.07) is 23.9. The molecule has 5 rings (SSSR count). The highest BCUT2D eigenvalue weighted by atomic mass is 19.4. The molecule has 0 radical (unpaired) electrons.